The molecule has 3 heterocycles. The Labute approximate surface area is 291 Å². The smallest absolute Gasteiger partial charge is 0.459 e. The minimum atomic E-state index is -4.57. The largest absolute Gasteiger partial charge is 0.491 e. The molecule has 0 saturated carbocycles. The number of ether oxygens (including phenoxy) is 3. The van der Waals surface area contributed by atoms with Crippen molar-refractivity contribution in [3.8, 4) is 17.7 Å². The predicted octanol–water partition coefficient (Wildman–Crippen LogP) is 3.09. The van der Waals surface area contributed by atoms with Gasteiger partial charge in [-0.2, -0.15) is 15.3 Å². The first-order valence-corrected chi connectivity index (χ1v) is 17.5. The van der Waals surface area contributed by atoms with Gasteiger partial charge in [0, 0.05) is 6.42 Å². The molecule has 0 radical (unpaired) electrons. The quantitative estimate of drug-likeness (QED) is 0.0935. The molecule has 1 aromatic carbocycles. The first-order valence-electron chi connectivity index (χ1n) is 15.2. The Balaban J connectivity index is 1.63. The number of rotatable bonds is 16. The lowest BCUT2D eigenvalue weighted by atomic mass is 9.95. The van der Waals surface area contributed by atoms with Crippen LogP contribution in [-0.2, 0) is 44.9 Å². The zero-order chi connectivity index (χ0) is 36.0. The Morgan fingerprint density at radius 2 is 1.94 bits per heavy atom. The number of carbonyl (C=O) groups excluding carboxylic acids is 2. The third-order valence-electron chi connectivity index (χ3n) is 7.22. The Morgan fingerprint density at radius 1 is 1.24 bits per heavy atom. The van der Waals surface area contributed by atoms with E-state index < -0.39 is 60.4 Å². The fourth-order valence-corrected chi connectivity index (χ4v) is 6.97. The summed E-state index contributed by atoms with van der Waals surface area (Å²) < 4.78 is 40.7. The van der Waals surface area contributed by atoms with Gasteiger partial charge in [-0.1, -0.05) is 55.2 Å². The molecule has 0 aliphatic carbocycles. The molecule has 49 heavy (non-hydrogen) atoms. The first kappa shape index (κ1) is 38.1. The van der Waals surface area contributed by atoms with Crippen molar-refractivity contribution < 1.29 is 47.6 Å². The van der Waals surface area contributed by atoms with Gasteiger partial charge in [0.2, 0.25) is 17.2 Å². The molecule has 5 N–H and O–H groups in total. The molecule has 20 heteroatoms. The van der Waals surface area contributed by atoms with Crippen LogP contribution >= 0.6 is 30.9 Å². The Bertz CT molecular complexity index is 1760. The maximum Gasteiger partial charge on any atom is 0.459 e. The van der Waals surface area contributed by atoms with Gasteiger partial charge in [0.1, 0.15) is 35.8 Å². The molecule has 0 bridgehead atoms. The topological polar surface area (TPSA) is 243 Å². The first-order chi connectivity index (χ1) is 23.2. The van der Waals surface area contributed by atoms with Crippen LogP contribution in [0.5, 0.6) is 11.6 Å². The van der Waals surface area contributed by atoms with E-state index in [4.69, 9.17) is 52.2 Å². The minimum absolute atomic E-state index is 0.00219. The van der Waals surface area contributed by atoms with Crippen molar-refractivity contribution in [1.82, 2.24) is 24.7 Å². The number of imidazole rings is 1. The zero-order valence-electron chi connectivity index (χ0n) is 26.7. The van der Waals surface area contributed by atoms with E-state index in [9.17, 15) is 29.6 Å². The lowest BCUT2D eigenvalue weighted by Gasteiger charge is -2.29. The van der Waals surface area contributed by atoms with Crippen molar-refractivity contribution in [3.05, 3.63) is 41.7 Å². The average molecular weight is 745 g/mol. The maximum absolute atomic E-state index is 14.3. The second kappa shape index (κ2) is 15.9. The van der Waals surface area contributed by atoms with E-state index in [-0.39, 0.29) is 49.1 Å². The number of fused-ring (bicyclic) bond motifs is 1. The van der Waals surface area contributed by atoms with Crippen LogP contribution in [0.4, 0.5) is 5.95 Å². The van der Waals surface area contributed by atoms with Gasteiger partial charge in [-0.25, -0.2) is 14.1 Å². The number of nitrogens with one attached hydrogen (secondary N) is 1. The molecule has 1 aliphatic heterocycles. The van der Waals surface area contributed by atoms with E-state index in [1.54, 1.807) is 25.1 Å². The monoisotopic (exact) mass is 743 g/mol. The summed E-state index contributed by atoms with van der Waals surface area (Å²) in [4.78, 5) is 32.4. The van der Waals surface area contributed by atoms with Crippen molar-refractivity contribution in [2.45, 2.75) is 74.6 Å². The number of carbonyl (C=O) groups is 2. The number of aliphatic hydroxyl groups excluding tert-OH is 1. The Kier molecular flexibility index (Phi) is 12.3. The van der Waals surface area contributed by atoms with Crippen molar-refractivity contribution in [3.63, 3.8) is 0 Å². The number of nitrogen functional groups attached to an aromatic ring is 1. The van der Waals surface area contributed by atoms with Crippen molar-refractivity contribution in [2.24, 2.45) is 0 Å². The van der Waals surface area contributed by atoms with Gasteiger partial charge in [0.25, 0.3) is 5.88 Å². The number of benzene rings is 1. The standard InChI is InChI=1S/C29H36Cl2N7O10P/c1-4-12-44-22(39)11-10-18-8-6-7-9-19(18)48-49(43,37-17(3)26(42)45-13-5-2)46-15-20-23(40)29(30,31)28(16-32,47-20)21-14-34-24-25(41)35-27(33)36-38(21)24/h6-9,14,17,20,23,40H,4-5,10-13,15H2,1-3H3,(H,37,43)(H3,33,35,36,41)/t17-,20?,23+,28?,49?/m0/s1. The van der Waals surface area contributed by atoms with Gasteiger partial charge in [-0.15, -0.1) is 5.10 Å². The van der Waals surface area contributed by atoms with Crippen LogP contribution in [0.25, 0.3) is 5.65 Å². The summed E-state index contributed by atoms with van der Waals surface area (Å²) in [6.45, 7) is 4.68. The number of para-hydroxylation sites is 1. The molecule has 0 spiro atoms. The third-order valence-corrected chi connectivity index (χ3v) is 9.83. The summed E-state index contributed by atoms with van der Waals surface area (Å²) in [6, 6.07) is 7.06. The van der Waals surface area contributed by atoms with Gasteiger partial charge >= 0.3 is 19.7 Å². The zero-order valence-corrected chi connectivity index (χ0v) is 29.2. The minimum Gasteiger partial charge on any atom is -0.491 e. The number of hydrogen-bond acceptors (Lipinski definition) is 15. The van der Waals surface area contributed by atoms with Crippen LogP contribution in [-0.4, -0.2) is 84.1 Å². The van der Waals surface area contributed by atoms with E-state index in [0.717, 1.165) is 10.7 Å². The third kappa shape index (κ3) is 8.18. The van der Waals surface area contributed by atoms with Crippen LogP contribution in [0.1, 0.15) is 51.3 Å². The van der Waals surface area contributed by atoms with E-state index in [0.29, 0.717) is 18.4 Å². The number of esters is 2. The van der Waals surface area contributed by atoms with Crippen LogP contribution in [0, 0.1) is 11.3 Å². The fraction of sp³-hybridized carbons (Fsp3) is 0.517. The molecule has 17 nitrogen and oxygen atoms in total. The number of alkyl halides is 2. The number of aromatic nitrogens is 4. The van der Waals surface area contributed by atoms with Crippen molar-refractivity contribution in [2.75, 3.05) is 25.6 Å². The molecule has 4 rings (SSSR count). The molecular formula is C29H36Cl2N7O10P. The molecule has 2 aromatic heterocycles. The summed E-state index contributed by atoms with van der Waals surface area (Å²) in [5.41, 5.74) is 3.30. The number of nitrogens with zero attached hydrogens (tertiary/aromatic N) is 5. The van der Waals surface area contributed by atoms with E-state index >= 15 is 0 Å². The van der Waals surface area contributed by atoms with Crippen LogP contribution in [0.15, 0.2) is 30.5 Å². The number of aryl methyl sites for hydroxylation is 1. The second-order valence-corrected chi connectivity index (χ2v) is 14.0. The highest BCUT2D eigenvalue weighted by Crippen LogP contribution is 2.55. The van der Waals surface area contributed by atoms with Crippen LogP contribution in [0.2, 0.25) is 0 Å². The summed E-state index contributed by atoms with van der Waals surface area (Å²) in [5.74, 6) is -2.13. The lowest BCUT2D eigenvalue weighted by Crippen LogP contribution is -2.46. The van der Waals surface area contributed by atoms with Gasteiger partial charge in [0.05, 0.1) is 26.0 Å². The lowest BCUT2D eigenvalue weighted by molar-refractivity contribution is -0.145. The highest BCUT2D eigenvalue weighted by atomic mass is 35.5. The second-order valence-electron chi connectivity index (χ2n) is 10.9. The van der Waals surface area contributed by atoms with Crippen molar-refractivity contribution in [1.29, 1.82) is 5.26 Å². The summed E-state index contributed by atoms with van der Waals surface area (Å²) in [5, 5.41) is 38.2. The molecule has 1 fully saturated rings. The number of nitriles is 1. The summed E-state index contributed by atoms with van der Waals surface area (Å²) in [7, 11) is -4.57. The van der Waals surface area contributed by atoms with Gasteiger partial charge in [-0.05, 0) is 37.8 Å². The number of halogens is 2. The van der Waals surface area contributed by atoms with E-state index in [1.165, 1.54) is 13.0 Å². The molecule has 5 atom stereocenters. The number of aromatic hydroxyl groups is 1. The number of anilines is 1. The normalized spacial score (nSPS) is 21.8. The molecule has 3 unspecified atom stereocenters. The van der Waals surface area contributed by atoms with Crippen LogP contribution in [0.3, 0.4) is 0 Å². The molecule has 266 valence electrons. The molecular weight excluding hydrogens is 708 g/mol. The number of hydrogen-bond donors (Lipinski definition) is 4. The van der Waals surface area contributed by atoms with E-state index in [2.05, 4.69) is 20.2 Å². The highest BCUT2D eigenvalue weighted by molar-refractivity contribution is 7.52. The summed E-state index contributed by atoms with van der Waals surface area (Å²) >= 11 is 13.2. The van der Waals surface area contributed by atoms with Crippen LogP contribution < -0.4 is 15.3 Å². The van der Waals surface area contributed by atoms with Gasteiger partial charge in [0.15, 0.2) is 4.33 Å². The molecule has 1 saturated heterocycles. The highest BCUT2D eigenvalue weighted by Gasteiger charge is 2.68. The van der Waals surface area contributed by atoms with Crippen molar-refractivity contribution >= 4 is 54.5 Å². The average Bonchev–Trinajstić information content (AvgIpc) is 3.57. The number of nitrogens with two attached hydrogens (primary N) is 1. The maximum atomic E-state index is 14.3. The molecule has 1 aliphatic rings. The Hall–Kier alpha value is -3.75. The van der Waals surface area contributed by atoms with E-state index in [1.807, 2.05) is 13.0 Å². The van der Waals surface area contributed by atoms with Gasteiger partial charge < -0.3 is 34.7 Å². The SMILES string of the molecule is CCCOC(=O)CCc1ccccc1OP(=O)(N[C@@H](C)C(=O)OCCC)OCC1OC(C#N)(c2cnc3c(O)nc(N)nn23)C(Cl)(Cl)[C@@H]1O. The molecule has 0 amide bonds. The Morgan fingerprint density at radius 3 is 2.63 bits per heavy atom. The van der Waals surface area contributed by atoms with Gasteiger partial charge in [-0.3, -0.25) is 14.1 Å². The fourth-order valence-electron chi connectivity index (χ4n) is 4.78. The molecule has 3 aromatic rings. The summed E-state index contributed by atoms with van der Waals surface area (Å²) in [6.07, 6.45) is -0.971. The predicted molar refractivity (Wildman–Crippen MR) is 174 cm³/mol. The number of aliphatic hydroxyl groups is 1.